The topological polar surface area (TPSA) is 121 Å². The molecule has 13 nitrogen and oxygen atoms in total. The molecular weight excluding hydrogens is 1560 g/mol. The van der Waals surface area contributed by atoms with Crippen LogP contribution in [0.4, 0.5) is 28.4 Å². The van der Waals surface area contributed by atoms with Gasteiger partial charge in [0.2, 0.25) is 17.1 Å². The van der Waals surface area contributed by atoms with E-state index < -0.39 is 114 Å². The molecule has 8 atom stereocenters. The second kappa shape index (κ2) is 31.1. The van der Waals surface area contributed by atoms with Crippen molar-refractivity contribution < 1.29 is 48.1 Å². The van der Waals surface area contributed by atoms with Crippen molar-refractivity contribution in [1.29, 1.82) is 0 Å². The monoisotopic (exact) mass is 1720 g/mol. The SMILES string of the molecule is [2H]C([2H])([2H])C1(C)C(C)N(c2c(C)ccc3c2oc2ccccc23)C(C)(C)C1([2H])[2H].[2H]C([2H])([2H])C1(C)C(C)N(c2c(C)ccc3c2oc2nc(C)ccc23)C(C)(C)C1([2H])[2H].[2H]C([2H])([2H])C1(C)C(C)N(c2c(C)ccc3c2oc2ncccc23)C(C)(C)C1([2H])[2H].[2H]C1([2H])C2(CCCCC2)C(C)N(c2c(C)ccc3c2oc2ccccc23)C1(C)C.[2H]C1([2H])C2(CCCCC2)C(C)N(c2c(C)ccc3c2oc2ncccc23)C1(C)C. The maximum absolute atomic E-state index is 9.32. The van der Waals surface area contributed by atoms with Gasteiger partial charge in [-0.05, 0) is 306 Å². The minimum atomic E-state index is -2.48. The third-order valence-electron chi connectivity index (χ3n) is 30.0. The molecule has 2 saturated carbocycles. The molecule has 668 valence electrons. The normalized spacial score (nSPS) is 30.0. The van der Waals surface area contributed by atoms with E-state index in [-0.39, 0.29) is 22.9 Å². The van der Waals surface area contributed by atoms with Gasteiger partial charge in [-0.3, -0.25) is 0 Å². The average molecular weight is 1720 g/mol. The van der Waals surface area contributed by atoms with Gasteiger partial charge in [0.25, 0.3) is 0 Å². The molecule has 0 amide bonds. The van der Waals surface area contributed by atoms with Crippen molar-refractivity contribution in [2.24, 2.45) is 27.1 Å². The standard InChI is InChI=1S/C25H31NO.C24H30N2O.C22H28N2O.C22H27NO.C21H26N2O/c1-17-12-13-20-19-10-6-7-11-21(19)27-23(20)22(17)26-18(2)25(16-24(26,3)4)14-8-5-9-15-25;1-16-10-11-18-19-9-8-14-25-22(19)27-21(18)20(16)26-17(2)24(15-23(26,3)4)12-6-5-7-13-24;1-13-8-10-16-17-11-9-14(2)23-20(17)25-19(16)18(13)24-15(3)21(4,5)12-22(24,6)7;1-14-11-12-17-16-9-7-8-10-18(16)24-20(17)19(14)23-15(2)21(3,4)13-22(23,5)6;1-13-9-10-15-16-8-7-11-22-19(16)24-18(15)17(13)23-14(2)20(3,4)12-21(23,5)6/h6-7,10-13,18H,5,8-9,14-16H2,1-4H3;8-11,14,17H,5-7,12-13,15H2,1-4H3;8-11,15H,12H2,1-7H3;7-12,15H,13H2,1-6H3;7-11,14H,12H2,1-6H3/i16D2;15D2;4D3,12D2;3D3,13D2;3D3,12D2. The summed E-state index contributed by atoms with van der Waals surface area (Å²) in [5.41, 5.74) is 7.39. The summed E-state index contributed by atoms with van der Waals surface area (Å²) in [6.07, 6.45) is 5.70. The highest BCUT2D eigenvalue weighted by Crippen LogP contribution is 2.61. The molecule has 15 aromatic rings. The zero-order valence-corrected chi connectivity index (χ0v) is 79.1. The maximum Gasteiger partial charge on any atom is 0.227 e. The Morgan fingerprint density at radius 3 is 0.882 bits per heavy atom. The molecule has 0 radical (unpaired) electrons. The molecule has 0 N–H and O–H groups in total. The number of aryl methyl sites for hydroxylation is 6. The summed E-state index contributed by atoms with van der Waals surface area (Å²) >= 11 is 0. The quantitative estimate of drug-likeness (QED) is 0.163. The number of para-hydroxylation sites is 2. The Balaban J connectivity index is 0.000000120. The lowest BCUT2D eigenvalue weighted by molar-refractivity contribution is 0.170. The third kappa shape index (κ3) is 14.5. The van der Waals surface area contributed by atoms with Gasteiger partial charge in [0.05, 0.1) is 28.4 Å². The summed E-state index contributed by atoms with van der Waals surface area (Å²) in [7, 11) is 0. The zero-order chi connectivity index (χ0) is 107. The molecule has 127 heavy (non-hydrogen) atoms. The van der Waals surface area contributed by atoms with Crippen LogP contribution in [0.15, 0.2) is 180 Å². The first-order valence-corrected chi connectivity index (χ1v) is 46.3. The van der Waals surface area contributed by atoms with Gasteiger partial charge in [-0.15, -0.1) is 0 Å². The first-order chi connectivity index (χ1) is 67.6. The number of fused-ring (bicyclic) bond motifs is 15. The number of aromatic nitrogens is 3. The van der Waals surface area contributed by atoms with Crippen LogP contribution in [0.1, 0.15) is 301 Å². The highest BCUT2D eigenvalue weighted by atomic mass is 16.4. The van der Waals surface area contributed by atoms with Crippen molar-refractivity contribution in [1.82, 2.24) is 15.0 Å². The van der Waals surface area contributed by atoms with Crippen molar-refractivity contribution >= 4 is 139 Å². The van der Waals surface area contributed by atoms with Crippen LogP contribution < -0.4 is 24.5 Å². The molecule has 2 aliphatic carbocycles. The number of nitrogens with zero attached hydrogens (tertiary/aromatic N) is 8. The van der Waals surface area contributed by atoms with Crippen LogP contribution in [0.25, 0.3) is 110 Å². The van der Waals surface area contributed by atoms with Crippen LogP contribution in [0.5, 0.6) is 0 Å². The summed E-state index contributed by atoms with van der Waals surface area (Å²) in [4.78, 5) is 23.8. The first-order valence-electron chi connectivity index (χ1n) is 55.8. The molecule has 7 aliphatic rings. The number of anilines is 5. The Hall–Kier alpha value is -10.0. The Morgan fingerprint density at radius 2 is 0.559 bits per heavy atom. The molecule has 7 aromatic carbocycles. The molecule has 13 heteroatoms. The number of hydrogen-bond donors (Lipinski definition) is 0. The predicted molar refractivity (Wildman–Crippen MR) is 536 cm³/mol. The van der Waals surface area contributed by atoms with Gasteiger partial charge in [-0.2, -0.15) is 0 Å². The molecule has 7 fully saturated rings. The Bertz CT molecular complexity index is 7300. The van der Waals surface area contributed by atoms with Crippen LogP contribution >= 0.6 is 0 Å². The Morgan fingerprint density at radius 1 is 0.291 bits per heavy atom. The fourth-order valence-electron chi connectivity index (χ4n) is 24.1. The largest absolute Gasteiger partial charge is 0.454 e. The summed E-state index contributed by atoms with van der Waals surface area (Å²) in [5, 5.41) is 9.83. The summed E-state index contributed by atoms with van der Waals surface area (Å²) in [5.74, 6) is 0. The van der Waals surface area contributed by atoms with Crippen LogP contribution in [0.3, 0.4) is 0 Å². The maximum atomic E-state index is 9.32. The van der Waals surface area contributed by atoms with E-state index >= 15 is 0 Å². The van der Waals surface area contributed by atoms with Gasteiger partial charge in [0.15, 0.2) is 27.9 Å². The van der Waals surface area contributed by atoms with Gasteiger partial charge < -0.3 is 46.6 Å². The second-order valence-electron chi connectivity index (χ2n) is 41.2. The minimum absolute atomic E-state index is 0.0956. The number of rotatable bonds is 5. The van der Waals surface area contributed by atoms with Crippen molar-refractivity contribution in [3.05, 3.63) is 191 Å². The lowest BCUT2D eigenvalue weighted by Gasteiger charge is -2.41. The van der Waals surface area contributed by atoms with E-state index in [1.165, 1.54) is 12.8 Å². The fourth-order valence-corrected chi connectivity index (χ4v) is 24.1. The lowest BCUT2D eigenvalue weighted by Crippen LogP contribution is -2.44. The molecule has 8 aromatic heterocycles. The van der Waals surface area contributed by atoms with Gasteiger partial charge in [-0.25, -0.2) is 15.0 Å². The van der Waals surface area contributed by atoms with Crippen LogP contribution in [-0.2, 0) is 0 Å². The van der Waals surface area contributed by atoms with Crippen molar-refractivity contribution in [2.75, 3.05) is 24.5 Å². The van der Waals surface area contributed by atoms with Crippen LogP contribution in [0.2, 0.25) is 0 Å². The molecule has 8 unspecified atom stereocenters. The molecule has 0 bridgehead atoms. The number of furan rings is 5. The minimum Gasteiger partial charge on any atom is -0.454 e. The smallest absolute Gasteiger partial charge is 0.227 e. The van der Waals surface area contributed by atoms with E-state index in [4.69, 9.17) is 42.6 Å². The van der Waals surface area contributed by atoms with Gasteiger partial charge in [0, 0.05) is 156 Å². The van der Waals surface area contributed by atoms with Crippen LogP contribution in [-0.4, -0.2) is 72.9 Å². The third-order valence-corrected chi connectivity index (χ3v) is 30.0. The first kappa shape index (κ1) is 67.2. The lowest BCUT2D eigenvalue weighted by atomic mass is 9.68. The van der Waals surface area contributed by atoms with E-state index in [9.17, 15) is 5.48 Å². The molecule has 22 rings (SSSR count). The molecule has 2 spiro atoms. The highest BCUT2D eigenvalue weighted by Gasteiger charge is 2.58. The highest BCUT2D eigenvalue weighted by molar-refractivity contribution is 6.13. The van der Waals surface area contributed by atoms with Crippen molar-refractivity contribution in [3.63, 3.8) is 0 Å². The summed E-state index contributed by atoms with van der Waals surface area (Å²) < 4.78 is 196. The molecule has 13 heterocycles. The molecular formula is C114H142N8O5. The van der Waals surface area contributed by atoms with E-state index in [1.807, 2.05) is 165 Å². The number of pyridine rings is 3. The van der Waals surface area contributed by atoms with Gasteiger partial charge >= 0.3 is 0 Å². The van der Waals surface area contributed by atoms with Gasteiger partial charge in [-0.1, -0.05) is 177 Å². The van der Waals surface area contributed by atoms with Gasteiger partial charge in [0.1, 0.15) is 11.2 Å². The number of hydrogen-bond acceptors (Lipinski definition) is 13. The average Bonchev–Trinajstić information content (AvgIpc) is 1.56. The van der Waals surface area contributed by atoms with Crippen molar-refractivity contribution in [2.45, 2.75) is 341 Å². The predicted octanol–water partition coefficient (Wildman–Crippen LogP) is 31.8. The van der Waals surface area contributed by atoms with Crippen LogP contribution in [0, 0.1) is 68.6 Å². The summed E-state index contributed by atoms with van der Waals surface area (Å²) in [6.45, 7) is 38.2. The number of benzene rings is 7. The van der Waals surface area contributed by atoms with E-state index in [0.717, 1.165) is 190 Å². The molecule has 5 saturated heterocycles. The van der Waals surface area contributed by atoms with E-state index in [1.54, 1.807) is 81.6 Å². The van der Waals surface area contributed by atoms with E-state index in [0.29, 0.717) is 33.9 Å². The fraction of sp³-hybridized carbons (Fsp3) is 0.500. The summed E-state index contributed by atoms with van der Waals surface area (Å²) in [6, 6.07) is 46.7. The zero-order valence-electron chi connectivity index (χ0n) is 98.1. The second-order valence-corrected chi connectivity index (χ2v) is 41.2. The van der Waals surface area contributed by atoms with Crippen molar-refractivity contribution in [3.8, 4) is 0 Å². The Labute approximate surface area is 781 Å². The molecule has 5 aliphatic heterocycles. The van der Waals surface area contributed by atoms with E-state index in [2.05, 4.69) is 117 Å². The Kier molecular flexibility index (Phi) is 16.5.